The van der Waals surface area contributed by atoms with Crippen LogP contribution in [0.3, 0.4) is 0 Å². The predicted octanol–water partition coefficient (Wildman–Crippen LogP) is 4.86. The molecule has 0 saturated carbocycles. The second-order valence-corrected chi connectivity index (χ2v) is 9.62. The number of methoxy groups -OCH3 is 1. The maximum absolute atomic E-state index is 14.3. The summed E-state index contributed by atoms with van der Waals surface area (Å²) in [6.07, 6.45) is -1.42. The van der Waals surface area contributed by atoms with Gasteiger partial charge in [0.1, 0.15) is 42.6 Å². The van der Waals surface area contributed by atoms with E-state index in [0.717, 1.165) is 18.2 Å². The van der Waals surface area contributed by atoms with Gasteiger partial charge in [-0.1, -0.05) is 6.07 Å². The molecule has 0 spiro atoms. The van der Waals surface area contributed by atoms with E-state index < -0.39 is 29.5 Å². The van der Waals surface area contributed by atoms with Gasteiger partial charge in [0.25, 0.3) is 5.91 Å². The molecule has 0 saturated heterocycles. The topological polar surface area (TPSA) is 102 Å². The number of aryl methyl sites for hydroxylation is 1. The number of fused-ring (bicyclic) bond motifs is 1. The first-order chi connectivity index (χ1) is 20.1. The summed E-state index contributed by atoms with van der Waals surface area (Å²) in [4.78, 5) is 19.5. The van der Waals surface area contributed by atoms with Gasteiger partial charge in [0.2, 0.25) is 0 Å². The third-order valence-electron chi connectivity index (χ3n) is 6.90. The number of carbonyl (C=O) groups excluding carboxylic acids is 1. The van der Waals surface area contributed by atoms with Gasteiger partial charge in [-0.3, -0.25) is 4.79 Å². The van der Waals surface area contributed by atoms with Crippen molar-refractivity contribution in [3.63, 3.8) is 0 Å². The zero-order valence-electron chi connectivity index (χ0n) is 22.7. The minimum atomic E-state index is -4.60. The molecule has 0 fully saturated rings. The number of benzene rings is 3. The van der Waals surface area contributed by atoms with Crippen LogP contribution in [0.5, 0.6) is 11.5 Å². The van der Waals surface area contributed by atoms with Gasteiger partial charge >= 0.3 is 6.18 Å². The normalized spacial score (nSPS) is 13.5. The van der Waals surface area contributed by atoms with E-state index in [1.807, 2.05) is 0 Å². The van der Waals surface area contributed by atoms with E-state index in [2.05, 4.69) is 15.4 Å². The van der Waals surface area contributed by atoms with Crippen LogP contribution in [0, 0.1) is 12.7 Å². The molecule has 9 nitrogen and oxygen atoms in total. The zero-order chi connectivity index (χ0) is 30.0. The summed E-state index contributed by atoms with van der Waals surface area (Å²) in [5, 5.41) is 16.6. The van der Waals surface area contributed by atoms with Crippen LogP contribution in [0.15, 0.2) is 61.2 Å². The van der Waals surface area contributed by atoms with Gasteiger partial charge in [-0.2, -0.15) is 18.3 Å². The lowest BCUT2D eigenvalue weighted by atomic mass is 10.0. The summed E-state index contributed by atoms with van der Waals surface area (Å²) in [5.41, 5.74) is 1.17. The quantitative estimate of drug-likeness (QED) is 0.271. The van der Waals surface area contributed by atoms with Crippen LogP contribution in [0.2, 0.25) is 0 Å². The highest BCUT2D eigenvalue weighted by Crippen LogP contribution is 2.41. The SMILES string of the molecule is COc1cc(NC(C(=O)N2CCc3cc(C)c(C(F)(F)F)cc32)c2ccc(F)cc2OCCO)cc(-n2cncn2)c1. The van der Waals surface area contributed by atoms with Gasteiger partial charge in [-0.25, -0.2) is 14.1 Å². The number of nitrogens with one attached hydrogen (secondary N) is 1. The van der Waals surface area contributed by atoms with Gasteiger partial charge in [0.15, 0.2) is 0 Å². The Labute approximate surface area is 238 Å². The molecular weight excluding hydrogens is 558 g/mol. The Morgan fingerprint density at radius 2 is 1.98 bits per heavy atom. The molecule has 1 aliphatic rings. The van der Waals surface area contributed by atoms with Gasteiger partial charge in [0.05, 0.1) is 25.0 Å². The molecular formula is C29H27F4N5O4. The van der Waals surface area contributed by atoms with Crippen LogP contribution in [0.4, 0.5) is 28.9 Å². The summed E-state index contributed by atoms with van der Waals surface area (Å²) in [6.45, 7) is 0.992. The largest absolute Gasteiger partial charge is 0.497 e. The number of ether oxygens (including phenoxy) is 2. The number of hydrogen-bond acceptors (Lipinski definition) is 7. The minimum Gasteiger partial charge on any atom is -0.497 e. The maximum Gasteiger partial charge on any atom is 0.416 e. The number of amides is 1. The fourth-order valence-corrected chi connectivity index (χ4v) is 4.98. The van der Waals surface area contributed by atoms with Crippen LogP contribution in [-0.2, 0) is 17.4 Å². The minimum absolute atomic E-state index is 0.00592. The predicted molar refractivity (Wildman–Crippen MR) is 145 cm³/mol. The second-order valence-electron chi connectivity index (χ2n) is 9.62. The van der Waals surface area contributed by atoms with Gasteiger partial charge < -0.3 is 24.8 Å². The van der Waals surface area contributed by atoms with E-state index in [9.17, 15) is 27.5 Å². The fourth-order valence-electron chi connectivity index (χ4n) is 4.98. The smallest absolute Gasteiger partial charge is 0.416 e. The average molecular weight is 586 g/mol. The van der Waals surface area contributed by atoms with Crippen molar-refractivity contribution in [3.05, 3.63) is 89.3 Å². The highest BCUT2D eigenvalue weighted by atomic mass is 19.4. The molecule has 4 aromatic rings. The molecule has 42 heavy (non-hydrogen) atoms. The van der Waals surface area contributed by atoms with Crippen LogP contribution in [0.1, 0.15) is 28.3 Å². The number of halogens is 4. The van der Waals surface area contributed by atoms with Crippen molar-refractivity contribution in [2.24, 2.45) is 0 Å². The molecule has 1 aliphatic heterocycles. The standard InChI is InChI=1S/C29H27F4N5O4/c1-17-9-18-5-6-37(25(18)14-24(17)29(31,32)33)28(40)27(23-4-3-19(30)10-26(23)42-8-7-39)36-20-11-21(13-22(12-20)41-2)38-16-34-15-35-38/h3-4,9-16,27,36,39H,5-8H2,1-2H3. The molecule has 1 unspecified atom stereocenters. The number of carbonyl (C=O) groups is 1. The van der Waals surface area contributed by atoms with Crippen LogP contribution in [-0.4, -0.2) is 52.6 Å². The summed E-state index contributed by atoms with van der Waals surface area (Å²) in [6, 6.07) is 9.81. The van der Waals surface area contributed by atoms with E-state index in [1.54, 1.807) is 18.2 Å². The molecule has 1 atom stereocenters. The van der Waals surface area contributed by atoms with Crippen molar-refractivity contribution >= 4 is 17.3 Å². The van der Waals surface area contributed by atoms with Crippen LogP contribution >= 0.6 is 0 Å². The Bertz CT molecular complexity index is 1590. The Hall–Kier alpha value is -4.65. The summed E-state index contributed by atoms with van der Waals surface area (Å²) < 4.78 is 68.1. The van der Waals surface area contributed by atoms with Crippen LogP contribution in [0.25, 0.3) is 5.69 Å². The summed E-state index contributed by atoms with van der Waals surface area (Å²) >= 11 is 0. The zero-order valence-corrected chi connectivity index (χ0v) is 22.7. The van der Waals surface area contributed by atoms with Gasteiger partial charge in [-0.15, -0.1) is 0 Å². The van der Waals surface area contributed by atoms with Crippen molar-refractivity contribution in [2.45, 2.75) is 25.6 Å². The lowest BCUT2D eigenvalue weighted by molar-refractivity contribution is -0.138. The number of nitrogens with zero attached hydrogens (tertiary/aromatic N) is 4. The highest BCUT2D eigenvalue weighted by Gasteiger charge is 2.38. The Morgan fingerprint density at radius 1 is 1.17 bits per heavy atom. The number of aromatic nitrogens is 3. The third kappa shape index (κ3) is 5.86. The Kier molecular flexibility index (Phi) is 8.03. The second kappa shape index (κ2) is 11.7. The Balaban J connectivity index is 1.61. The molecule has 2 N–H and O–H groups in total. The van der Waals surface area contributed by atoms with Crippen molar-refractivity contribution < 1.29 is 36.9 Å². The lowest BCUT2D eigenvalue weighted by Gasteiger charge is -2.28. The highest BCUT2D eigenvalue weighted by molar-refractivity contribution is 6.01. The van der Waals surface area contributed by atoms with Gasteiger partial charge in [-0.05, 0) is 48.7 Å². The van der Waals surface area contributed by atoms with E-state index in [4.69, 9.17) is 9.47 Å². The number of rotatable bonds is 9. The fraction of sp³-hybridized carbons (Fsp3) is 0.276. The molecule has 0 aliphatic carbocycles. The van der Waals surface area contributed by atoms with E-state index in [-0.39, 0.29) is 42.3 Å². The monoisotopic (exact) mass is 585 g/mol. The third-order valence-corrected chi connectivity index (χ3v) is 6.90. The average Bonchev–Trinajstić information content (AvgIpc) is 3.64. The first-order valence-electron chi connectivity index (χ1n) is 12.9. The summed E-state index contributed by atoms with van der Waals surface area (Å²) in [7, 11) is 1.47. The molecule has 0 radical (unpaired) electrons. The van der Waals surface area contributed by atoms with E-state index >= 15 is 0 Å². The molecule has 1 aromatic heterocycles. The number of hydrogen-bond donors (Lipinski definition) is 2. The number of aliphatic hydroxyl groups is 1. The summed E-state index contributed by atoms with van der Waals surface area (Å²) in [5.74, 6) is -0.807. The number of alkyl halides is 3. The van der Waals surface area contributed by atoms with Crippen molar-refractivity contribution in [1.29, 1.82) is 0 Å². The first kappa shape index (κ1) is 28.9. The Morgan fingerprint density at radius 3 is 2.67 bits per heavy atom. The maximum atomic E-state index is 14.3. The van der Waals surface area contributed by atoms with Gasteiger partial charge in [0, 0.05) is 41.7 Å². The molecule has 13 heteroatoms. The van der Waals surface area contributed by atoms with Crippen molar-refractivity contribution in [1.82, 2.24) is 14.8 Å². The number of anilines is 2. The first-order valence-corrected chi connectivity index (χ1v) is 12.9. The molecule has 5 rings (SSSR count). The van der Waals surface area contributed by atoms with Crippen molar-refractivity contribution in [3.8, 4) is 17.2 Å². The number of aliphatic hydroxyl groups excluding tert-OH is 1. The molecule has 3 aromatic carbocycles. The molecule has 2 heterocycles. The van der Waals surface area contributed by atoms with E-state index in [0.29, 0.717) is 29.1 Å². The molecule has 220 valence electrons. The van der Waals surface area contributed by atoms with E-state index in [1.165, 1.54) is 48.4 Å². The van der Waals surface area contributed by atoms with Crippen molar-refractivity contribution in [2.75, 3.05) is 37.1 Å². The lowest BCUT2D eigenvalue weighted by Crippen LogP contribution is -2.37. The molecule has 0 bridgehead atoms. The van der Waals surface area contributed by atoms with Crippen LogP contribution < -0.4 is 19.7 Å². The molecule has 1 amide bonds.